The van der Waals surface area contributed by atoms with Gasteiger partial charge in [-0.25, -0.2) is 8.42 Å². The first-order valence-electron chi connectivity index (χ1n) is 6.26. The van der Waals surface area contributed by atoms with Crippen LogP contribution < -0.4 is 0 Å². The fraction of sp³-hybridized carbons (Fsp3) is 0.600. The first-order valence-corrected chi connectivity index (χ1v) is 7.81. The Labute approximate surface area is 111 Å². The first-order chi connectivity index (χ1) is 7.98. The van der Waals surface area contributed by atoms with Crippen molar-refractivity contribution in [3.8, 4) is 0 Å². The van der Waals surface area contributed by atoms with E-state index in [4.69, 9.17) is 0 Å². The van der Waals surface area contributed by atoms with E-state index in [2.05, 4.69) is 0 Å². The van der Waals surface area contributed by atoms with Crippen molar-refractivity contribution in [2.45, 2.75) is 51.5 Å². The normalized spacial score (nSPS) is 15.4. The molecule has 0 amide bonds. The van der Waals surface area contributed by atoms with Crippen molar-refractivity contribution in [3.63, 3.8) is 0 Å². The summed E-state index contributed by atoms with van der Waals surface area (Å²) in [7, 11) is -3.25. The minimum absolute atomic E-state index is 0.326. The van der Waals surface area contributed by atoms with Gasteiger partial charge in [0.1, 0.15) is 0 Å². The van der Waals surface area contributed by atoms with E-state index < -0.39 is 19.8 Å². The van der Waals surface area contributed by atoms with E-state index in [1.165, 1.54) is 0 Å². The summed E-state index contributed by atoms with van der Waals surface area (Å²) >= 11 is 0. The second-order valence-corrected chi connectivity index (χ2v) is 9.60. The highest BCUT2D eigenvalue weighted by molar-refractivity contribution is 7.93. The molecular formula is C15H24O2S. The van der Waals surface area contributed by atoms with Gasteiger partial charge in [0.2, 0.25) is 0 Å². The molecule has 1 atom stereocenters. The van der Waals surface area contributed by atoms with Gasteiger partial charge in [-0.3, -0.25) is 0 Å². The highest BCUT2D eigenvalue weighted by Gasteiger charge is 2.44. The van der Waals surface area contributed by atoms with E-state index in [0.29, 0.717) is 0 Å². The van der Waals surface area contributed by atoms with Gasteiger partial charge in [0.05, 0.1) is 10.00 Å². The van der Waals surface area contributed by atoms with Gasteiger partial charge in [-0.1, -0.05) is 51.1 Å². The molecule has 0 heterocycles. The molecule has 0 aliphatic heterocycles. The highest BCUT2D eigenvalue weighted by Crippen LogP contribution is 2.43. The number of hydrogen-bond acceptors (Lipinski definition) is 2. The number of benzene rings is 1. The molecular weight excluding hydrogens is 244 g/mol. The predicted molar refractivity (Wildman–Crippen MR) is 77.3 cm³/mol. The molecule has 0 fully saturated rings. The number of hydrogen-bond donors (Lipinski definition) is 0. The molecule has 0 N–H and O–H groups in total. The van der Waals surface area contributed by atoms with Crippen molar-refractivity contribution in [2.75, 3.05) is 0 Å². The monoisotopic (exact) mass is 268 g/mol. The lowest BCUT2D eigenvalue weighted by Gasteiger charge is -2.35. The molecule has 0 bridgehead atoms. The minimum Gasteiger partial charge on any atom is -0.228 e. The first kappa shape index (κ1) is 15.2. The summed E-state index contributed by atoms with van der Waals surface area (Å²) in [6, 6.07) is 9.50. The van der Waals surface area contributed by atoms with E-state index in [-0.39, 0.29) is 5.41 Å². The lowest BCUT2D eigenvalue weighted by atomic mass is 9.87. The van der Waals surface area contributed by atoms with Crippen LogP contribution in [0.5, 0.6) is 0 Å². The molecule has 0 spiro atoms. The van der Waals surface area contributed by atoms with Crippen LogP contribution in [0.4, 0.5) is 0 Å². The predicted octanol–water partition coefficient (Wildman–Crippen LogP) is 3.99. The van der Waals surface area contributed by atoms with Gasteiger partial charge in [-0.15, -0.1) is 0 Å². The van der Waals surface area contributed by atoms with Crippen molar-refractivity contribution >= 4 is 9.84 Å². The summed E-state index contributed by atoms with van der Waals surface area (Å²) in [5.41, 5.74) is 0.549. The molecule has 2 nitrogen and oxygen atoms in total. The Morgan fingerprint density at radius 1 is 0.889 bits per heavy atom. The summed E-state index contributed by atoms with van der Waals surface area (Å²) in [6.07, 6.45) is 0. The molecule has 0 saturated carbocycles. The topological polar surface area (TPSA) is 34.1 Å². The van der Waals surface area contributed by atoms with E-state index >= 15 is 0 Å². The second kappa shape index (κ2) is 4.69. The van der Waals surface area contributed by atoms with Gasteiger partial charge in [-0.05, 0) is 31.7 Å². The van der Waals surface area contributed by atoms with E-state index in [9.17, 15) is 8.42 Å². The van der Waals surface area contributed by atoms with Crippen LogP contribution in [0.2, 0.25) is 0 Å². The van der Waals surface area contributed by atoms with Crippen molar-refractivity contribution < 1.29 is 8.42 Å². The van der Waals surface area contributed by atoms with Gasteiger partial charge in [0.25, 0.3) is 0 Å². The van der Waals surface area contributed by atoms with E-state index in [1.54, 1.807) is 20.8 Å². The van der Waals surface area contributed by atoms with Gasteiger partial charge in [0.15, 0.2) is 9.84 Å². The lowest BCUT2D eigenvalue weighted by molar-refractivity contribution is 0.376. The van der Waals surface area contributed by atoms with Gasteiger partial charge >= 0.3 is 0 Å². The maximum atomic E-state index is 12.8. The van der Waals surface area contributed by atoms with Crippen molar-refractivity contribution in [1.29, 1.82) is 0 Å². The Balaban J connectivity index is 3.44. The van der Waals surface area contributed by atoms with E-state index in [1.807, 2.05) is 51.1 Å². The van der Waals surface area contributed by atoms with Crippen LogP contribution in [0, 0.1) is 5.41 Å². The zero-order valence-corrected chi connectivity index (χ0v) is 13.0. The maximum absolute atomic E-state index is 12.8. The summed E-state index contributed by atoms with van der Waals surface area (Å²) < 4.78 is 24.8. The zero-order valence-electron chi connectivity index (χ0n) is 12.2. The quantitative estimate of drug-likeness (QED) is 0.813. The average molecular weight is 268 g/mol. The molecule has 0 radical (unpaired) electrons. The average Bonchev–Trinajstić information content (AvgIpc) is 2.14. The smallest absolute Gasteiger partial charge is 0.162 e. The second-order valence-electron chi connectivity index (χ2n) is 6.81. The Morgan fingerprint density at radius 3 is 1.67 bits per heavy atom. The van der Waals surface area contributed by atoms with Gasteiger partial charge < -0.3 is 0 Å². The third-order valence-corrected chi connectivity index (χ3v) is 6.36. The van der Waals surface area contributed by atoms with Crippen LogP contribution in [-0.2, 0) is 9.84 Å². The van der Waals surface area contributed by atoms with Crippen LogP contribution in [-0.4, -0.2) is 13.2 Å². The molecule has 0 unspecified atom stereocenters. The molecule has 3 heteroatoms. The molecule has 0 aromatic heterocycles. The van der Waals surface area contributed by atoms with Crippen molar-refractivity contribution in [3.05, 3.63) is 35.9 Å². The largest absolute Gasteiger partial charge is 0.228 e. The fourth-order valence-corrected chi connectivity index (χ4v) is 4.28. The fourth-order valence-electron chi connectivity index (χ4n) is 2.13. The van der Waals surface area contributed by atoms with Crippen LogP contribution >= 0.6 is 0 Å². The number of sulfone groups is 1. The van der Waals surface area contributed by atoms with Crippen LogP contribution in [0.15, 0.2) is 30.3 Å². The maximum Gasteiger partial charge on any atom is 0.162 e. The van der Waals surface area contributed by atoms with Gasteiger partial charge in [-0.2, -0.15) is 0 Å². The minimum atomic E-state index is -3.25. The van der Waals surface area contributed by atoms with Crippen LogP contribution in [0.25, 0.3) is 0 Å². The van der Waals surface area contributed by atoms with Gasteiger partial charge in [0, 0.05) is 0 Å². The Bertz CT molecular complexity index is 488. The summed E-state index contributed by atoms with van der Waals surface area (Å²) in [5.74, 6) is 0. The Kier molecular flexibility index (Phi) is 3.97. The van der Waals surface area contributed by atoms with Crippen molar-refractivity contribution in [1.82, 2.24) is 0 Å². The Morgan fingerprint density at radius 2 is 1.33 bits per heavy atom. The highest BCUT2D eigenvalue weighted by atomic mass is 32.2. The molecule has 102 valence electrons. The molecule has 0 aliphatic carbocycles. The van der Waals surface area contributed by atoms with Crippen LogP contribution in [0.1, 0.15) is 52.4 Å². The zero-order chi connectivity index (χ0) is 14.2. The van der Waals surface area contributed by atoms with E-state index in [0.717, 1.165) is 5.56 Å². The Hall–Kier alpha value is -0.830. The molecule has 0 saturated heterocycles. The number of rotatable bonds is 2. The van der Waals surface area contributed by atoms with Crippen LogP contribution in [0.3, 0.4) is 0 Å². The molecule has 0 aliphatic rings. The lowest BCUT2D eigenvalue weighted by Crippen LogP contribution is -2.38. The molecule has 18 heavy (non-hydrogen) atoms. The molecule has 1 rings (SSSR count). The summed E-state index contributed by atoms with van der Waals surface area (Å²) in [4.78, 5) is 0. The third-order valence-electron chi connectivity index (χ3n) is 3.05. The summed E-state index contributed by atoms with van der Waals surface area (Å²) in [5, 5.41) is -0.480. The third kappa shape index (κ3) is 2.94. The SMILES string of the molecule is CC(C)(C)[C@@H](c1ccccc1)S(=O)(=O)C(C)(C)C. The molecule has 1 aromatic carbocycles. The standard InChI is InChI=1S/C15H24O2S/c1-14(2,3)13(12-10-8-7-9-11-12)18(16,17)15(4,5)6/h7-11,13H,1-6H3/t13-/m1/s1. The van der Waals surface area contributed by atoms with Crippen molar-refractivity contribution in [2.24, 2.45) is 5.41 Å². The molecule has 1 aromatic rings. The summed E-state index contributed by atoms with van der Waals surface area (Å²) in [6.45, 7) is 11.2.